The van der Waals surface area contributed by atoms with Crippen molar-refractivity contribution in [2.24, 2.45) is 7.05 Å². The summed E-state index contributed by atoms with van der Waals surface area (Å²) < 4.78 is 1.72. The van der Waals surface area contributed by atoms with Gasteiger partial charge in [-0.05, 0) is 37.6 Å². The SMILES string of the molecule is Cc1cccnc1C[C@H](C)NC(=O)c1cccc(-c2nc(N(C)C)n(C)n2)c1. The number of carbonyl (C=O) groups is 1. The first-order valence-electron chi connectivity index (χ1n) is 9.25. The van der Waals surface area contributed by atoms with Gasteiger partial charge in [-0.1, -0.05) is 18.2 Å². The van der Waals surface area contributed by atoms with Gasteiger partial charge in [0.05, 0.1) is 0 Å². The molecular weight excluding hydrogens is 352 g/mol. The number of hydrogen-bond acceptors (Lipinski definition) is 5. The second-order valence-corrected chi connectivity index (χ2v) is 7.18. The van der Waals surface area contributed by atoms with Crippen molar-refractivity contribution in [3.05, 3.63) is 59.4 Å². The summed E-state index contributed by atoms with van der Waals surface area (Å²) in [6, 6.07) is 11.3. The molecule has 3 aromatic rings. The molecule has 28 heavy (non-hydrogen) atoms. The predicted molar refractivity (Wildman–Crippen MR) is 110 cm³/mol. The molecule has 0 bridgehead atoms. The molecule has 146 valence electrons. The van der Waals surface area contributed by atoms with Crippen LogP contribution in [0.25, 0.3) is 11.4 Å². The van der Waals surface area contributed by atoms with E-state index in [0.717, 1.165) is 22.8 Å². The monoisotopic (exact) mass is 378 g/mol. The van der Waals surface area contributed by atoms with E-state index in [1.165, 1.54) is 0 Å². The van der Waals surface area contributed by atoms with Crippen LogP contribution in [0.5, 0.6) is 0 Å². The number of rotatable bonds is 6. The summed E-state index contributed by atoms with van der Waals surface area (Å²) in [6.07, 6.45) is 2.47. The third-order valence-electron chi connectivity index (χ3n) is 4.52. The minimum atomic E-state index is -0.119. The van der Waals surface area contributed by atoms with Crippen molar-refractivity contribution in [2.75, 3.05) is 19.0 Å². The van der Waals surface area contributed by atoms with Crippen molar-refractivity contribution in [1.29, 1.82) is 0 Å². The Labute approximate surface area is 165 Å². The van der Waals surface area contributed by atoms with Gasteiger partial charge in [0.25, 0.3) is 5.91 Å². The fourth-order valence-electron chi connectivity index (χ4n) is 3.07. The van der Waals surface area contributed by atoms with E-state index in [-0.39, 0.29) is 11.9 Å². The lowest BCUT2D eigenvalue weighted by molar-refractivity contribution is 0.0940. The van der Waals surface area contributed by atoms with Crippen LogP contribution in [0, 0.1) is 6.92 Å². The molecule has 3 rings (SSSR count). The molecule has 2 aromatic heterocycles. The van der Waals surface area contributed by atoms with E-state index in [1.807, 2.05) is 70.2 Å². The number of nitrogens with zero attached hydrogens (tertiary/aromatic N) is 5. The lowest BCUT2D eigenvalue weighted by Gasteiger charge is -2.15. The summed E-state index contributed by atoms with van der Waals surface area (Å²) in [7, 11) is 5.69. The second kappa shape index (κ2) is 8.21. The fourth-order valence-corrected chi connectivity index (χ4v) is 3.07. The van der Waals surface area contributed by atoms with E-state index in [4.69, 9.17) is 0 Å². The van der Waals surface area contributed by atoms with Gasteiger partial charge in [-0.3, -0.25) is 9.78 Å². The van der Waals surface area contributed by atoms with Crippen LogP contribution in [-0.2, 0) is 13.5 Å². The molecule has 2 heterocycles. The maximum absolute atomic E-state index is 12.7. The molecule has 0 radical (unpaired) electrons. The summed E-state index contributed by atoms with van der Waals surface area (Å²) in [5.41, 5.74) is 3.52. The molecule has 0 saturated heterocycles. The Morgan fingerprint density at radius 1 is 1.25 bits per heavy atom. The van der Waals surface area contributed by atoms with Gasteiger partial charge in [-0.25, -0.2) is 4.68 Å². The summed E-state index contributed by atoms with van der Waals surface area (Å²) in [5.74, 6) is 1.23. The van der Waals surface area contributed by atoms with Crippen LogP contribution in [0.4, 0.5) is 5.95 Å². The summed E-state index contributed by atoms with van der Waals surface area (Å²) in [4.78, 5) is 23.6. The van der Waals surface area contributed by atoms with Gasteiger partial charge < -0.3 is 10.2 Å². The van der Waals surface area contributed by atoms with Crippen LogP contribution in [0.1, 0.15) is 28.5 Å². The molecule has 0 fully saturated rings. The number of hydrogen-bond donors (Lipinski definition) is 1. The van der Waals surface area contributed by atoms with Gasteiger partial charge in [0.2, 0.25) is 5.95 Å². The molecule has 1 amide bonds. The van der Waals surface area contributed by atoms with Crippen LogP contribution in [0.15, 0.2) is 42.6 Å². The highest BCUT2D eigenvalue weighted by atomic mass is 16.1. The number of carbonyl (C=O) groups excluding carboxylic acids is 1. The topological polar surface area (TPSA) is 75.9 Å². The average molecular weight is 378 g/mol. The van der Waals surface area contributed by atoms with Crippen molar-refractivity contribution < 1.29 is 4.79 Å². The number of aromatic nitrogens is 4. The molecule has 0 aliphatic heterocycles. The molecule has 0 aliphatic rings. The maximum Gasteiger partial charge on any atom is 0.251 e. The molecule has 0 saturated carbocycles. The van der Waals surface area contributed by atoms with Crippen LogP contribution in [0.2, 0.25) is 0 Å². The summed E-state index contributed by atoms with van der Waals surface area (Å²) in [5, 5.41) is 7.51. The predicted octanol–water partition coefficient (Wildman–Crippen LogP) is 2.61. The Morgan fingerprint density at radius 3 is 2.71 bits per heavy atom. The van der Waals surface area contributed by atoms with Crippen molar-refractivity contribution in [2.45, 2.75) is 26.3 Å². The zero-order valence-electron chi connectivity index (χ0n) is 17.0. The van der Waals surface area contributed by atoms with E-state index >= 15 is 0 Å². The van der Waals surface area contributed by atoms with E-state index in [1.54, 1.807) is 16.9 Å². The zero-order chi connectivity index (χ0) is 20.3. The zero-order valence-corrected chi connectivity index (χ0v) is 17.0. The van der Waals surface area contributed by atoms with Crippen molar-refractivity contribution in [3.8, 4) is 11.4 Å². The van der Waals surface area contributed by atoms with E-state index in [9.17, 15) is 4.79 Å². The molecule has 1 N–H and O–H groups in total. The first kappa shape index (κ1) is 19.5. The Hall–Kier alpha value is -3.22. The van der Waals surface area contributed by atoms with Gasteiger partial charge in [-0.2, -0.15) is 4.98 Å². The molecule has 0 aliphatic carbocycles. The highest BCUT2D eigenvalue weighted by Crippen LogP contribution is 2.20. The fraction of sp³-hybridized carbons (Fsp3) is 0.333. The van der Waals surface area contributed by atoms with Crippen molar-refractivity contribution in [1.82, 2.24) is 25.1 Å². The first-order chi connectivity index (χ1) is 13.3. The van der Waals surface area contributed by atoms with Crippen LogP contribution in [-0.4, -0.2) is 45.8 Å². The number of aryl methyl sites for hydroxylation is 2. The van der Waals surface area contributed by atoms with Gasteiger partial charge in [-0.15, -0.1) is 5.10 Å². The third kappa shape index (κ3) is 4.36. The summed E-state index contributed by atoms with van der Waals surface area (Å²) in [6.45, 7) is 4.02. The number of nitrogens with one attached hydrogen (secondary N) is 1. The summed E-state index contributed by atoms with van der Waals surface area (Å²) >= 11 is 0. The minimum Gasteiger partial charge on any atom is -0.349 e. The minimum absolute atomic E-state index is 0.0296. The quantitative estimate of drug-likeness (QED) is 0.714. The Balaban J connectivity index is 1.73. The Kier molecular flexibility index (Phi) is 5.73. The Morgan fingerprint density at radius 2 is 2.04 bits per heavy atom. The molecule has 1 atom stereocenters. The van der Waals surface area contributed by atoms with Crippen molar-refractivity contribution >= 4 is 11.9 Å². The molecular formula is C21H26N6O. The highest BCUT2D eigenvalue weighted by molar-refractivity contribution is 5.95. The molecule has 7 heteroatoms. The maximum atomic E-state index is 12.7. The Bertz CT molecular complexity index is 979. The van der Waals surface area contributed by atoms with Gasteiger partial charge in [0.15, 0.2) is 5.82 Å². The van der Waals surface area contributed by atoms with E-state index in [0.29, 0.717) is 17.8 Å². The standard InChI is InChI=1S/C21H26N6O/c1-14-8-7-11-22-18(14)12-15(2)23-20(28)17-10-6-9-16(13-17)19-24-21(26(3)4)27(5)25-19/h6-11,13,15H,12H2,1-5H3,(H,23,28)/t15-/m0/s1. The largest absolute Gasteiger partial charge is 0.349 e. The van der Waals surface area contributed by atoms with Crippen LogP contribution >= 0.6 is 0 Å². The highest BCUT2D eigenvalue weighted by Gasteiger charge is 2.15. The lowest BCUT2D eigenvalue weighted by atomic mass is 10.1. The van der Waals surface area contributed by atoms with Gasteiger partial charge in [0.1, 0.15) is 0 Å². The third-order valence-corrected chi connectivity index (χ3v) is 4.52. The average Bonchev–Trinajstić information content (AvgIpc) is 3.06. The number of benzene rings is 1. The molecule has 7 nitrogen and oxygen atoms in total. The molecule has 1 aromatic carbocycles. The van der Waals surface area contributed by atoms with Crippen molar-refractivity contribution in [3.63, 3.8) is 0 Å². The van der Waals surface area contributed by atoms with E-state index in [2.05, 4.69) is 20.4 Å². The van der Waals surface area contributed by atoms with E-state index < -0.39 is 0 Å². The normalized spacial score (nSPS) is 11.9. The van der Waals surface area contributed by atoms with Gasteiger partial charge in [0, 0.05) is 56.6 Å². The lowest BCUT2D eigenvalue weighted by Crippen LogP contribution is -2.34. The number of anilines is 1. The van der Waals surface area contributed by atoms with Gasteiger partial charge >= 0.3 is 0 Å². The molecule has 0 spiro atoms. The van der Waals surface area contributed by atoms with Crippen LogP contribution < -0.4 is 10.2 Å². The number of pyridine rings is 1. The smallest absolute Gasteiger partial charge is 0.251 e. The van der Waals surface area contributed by atoms with Crippen LogP contribution in [0.3, 0.4) is 0 Å². The first-order valence-corrected chi connectivity index (χ1v) is 9.25. The second-order valence-electron chi connectivity index (χ2n) is 7.18. The molecule has 0 unspecified atom stereocenters. The number of amides is 1.